The molecular weight excluding hydrogens is 403 g/mol. The van der Waals surface area contributed by atoms with E-state index in [4.69, 9.17) is 0 Å². The van der Waals surface area contributed by atoms with E-state index in [9.17, 15) is 0 Å². The zero-order chi connectivity index (χ0) is 7.82. The van der Waals surface area contributed by atoms with Crippen LogP contribution in [-0.4, -0.2) is 0 Å². The Morgan fingerprint density at radius 1 is 1.10 bits per heavy atom. The van der Waals surface area contributed by atoms with Crippen molar-refractivity contribution in [3.63, 3.8) is 0 Å². The van der Waals surface area contributed by atoms with Gasteiger partial charge in [0.25, 0.3) is 0 Å². The molecule has 0 aliphatic carbocycles. The third kappa shape index (κ3) is 7.41. The Kier molecular flexibility index (Phi) is 9.50. The Hall–Kier alpha value is 1.30. The molecule has 0 nitrogen and oxygen atoms in total. The molecule has 0 spiro atoms. The first-order valence-electron chi connectivity index (χ1n) is 2.80. The molecule has 0 saturated carbocycles. The molecule has 0 bridgehead atoms. The van der Waals surface area contributed by atoms with Gasteiger partial charge in [0, 0.05) is 0 Å². The Bertz CT molecular complexity index is 153. The van der Waals surface area contributed by atoms with E-state index in [1.165, 1.54) is 0 Å². The van der Waals surface area contributed by atoms with Gasteiger partial charge in [-0.25, -0.2) is 0 Å². The molecule has 0 amide bonds. The van der Waals surface area contributed by atoms with Gasteiger partial charge >= 0.3 is 49.6 Å². The van der Waals surface area contributed by atoms with Crippen LogP contribution in [0.15, 0.2) is 30.3 Å². The van der Waals surface area contributed by atoms with Gasteiger partial charge in [0.05, 0.1) is 0 Å². The van der Waals surface area contributed by atoms with E-state index in [0.29, 0.717) is 0 Å². The van der Waals surface area contributed by atoms with Crippen molar-refractivity contribution in [2.75, 3.05) is 0 Å². The Labute approximate surface area is 91.1 Å². The van der Waals surface area contributed by atoms with Crippen LogP contribution >= 0.6 is 39.5 Å². The first kappa shape index (κ1) is 11.3. The van der Waals surface area contributed by atoms with E-state index in [1.807, 2.05) is 30.3 Å². The zero-order valence-corrected chi connectivity index (χ0v) is 12.8. The number of halogens is 2. The standard InChI is InChI=1S/C7H7.2HI.Zn/c1-7-5-3-2-4-6-7;;;/h2-6H,1H2;2*1H;/q;;;+2/p-2. The van der Waals surface area contributed by atoms with Crippen LogP contribution in [-0.2, 0) is 10.1 Å². The number of benzene rings is 1. The van der Waals surface area contributed by atoms with Crippen LogP contribution in [0.3, 0.4) is 0 Å². The van der Waals surface area contributed by atoms with Gasteiger partial charge in [-0.3, -0.25) is 0 Å². The van der Waals surface area contributed by atoms with Crippen LogP contribution in [0.4, 0.5) is 0 Å². The molecule has 0 fully saturated rings. The topological polar surface area (TPSA) is 0 Å². The van der Waals surface area contributed by atoms with Crippen molar-refractivity contribution in [2.45, 2.75) is 0 Å². The van der Waals surface area contributed by atoms with Crippen molar-refractivity contribution in [1.82, 2.24) is 0 Å². The molecule has 51 valence electrons. The summed E-state index contributed by atoms with van der Waals surface area (Å²) in [4.78, 5) is 0. The summed E-state index contributed by atoms with van der Waals surface area (Å²) in [5.41, 5.74) is 1.07. The van der Waals surface area contributed by atoms with E-state index in [-0.39, 0.29) is 10.1 Å². The average molecular weight is 410 g/mol. The molecule has 0 N–H and O–H groups in total. The second kappa shape index (κ2) is 8.40. The van der Waals surface area contributed by atoms with Crippen LogP contribution < -0.4 is 0 Å². The van der Waals surface area contributed by atoms with Gasteiger partial charge in [0.2, 0.25) is 0 Å². The van der Waals surface area contributed by atoms with E-state index < -0.39 is 0 Å². The second-order valence-electron chi connectivity index (χ2n) is 1.59. The van der Waals surface area contributed by atoms with Gasteiger partial charge in [-0.1, -0.05) is 30.3 Å². The SMILES string of the molecule is [CH2]c1ccccc1.[I][Zn][I]. The van der Waals surface area contributed by atoms with Crippen molar-refractivity contribution in [3.8, 4) is 0 Å². The van der Waals surface area contributed by atoms with Crippen LogP contribution in [0.2, 0.25) is 0 Å². The molecule has 0 aliphatic heterocycles. The Morgan fingerprint density at radius 3 is 1.70 bits per heavy atom. The molecule has 1 aromatic rings. The molecule has 0 heterocycles. The minimum atomic E-state index is 0.0650. The molecule has 0 saturated heterocycles. The average Bonchev–Trinajstić information content (AvgIpc) is 1.91. The fourth-order valence-corrected chi connectivity index (χ4v) is 0.478. The van der Waals surface area contributed by atoms with Gasteiger partial charge in [-0.15, -0.1) is 0 Å². The zero-order valence-electron chi connectivity index (χ0n) is 5.56. The number of hydrogen-bond acceptors (Lipinski definition) is 0. The maximum atomic E-state index is 3.72. The summed E-state index contributed by atoms with van der Waals surface area (Å²) in [5.74, 6) is 0. The first-order chi connectivity index (χ1) is 4.81. The summed E-state index contributed by atoms with van der Waals surface area (Å²) < 4.78 is 0. The maximum absolute atomic E-state index is 3.72. The van der Waals surface area contributed by atoms with Crippen molar-refractivity contribution in [2.24, 2.45) is 0 Å². The second-order valence-corrected chi connectivity index (χ2v) is 25.1. The molecule has 1 rings (SSSR count). The van der Waals surface area contributed by atoms with Gasteiger partial charge < -0.3 is 0 Å². The van der Waals surface area contributed by atoms with Crippen LogP contribution in [0, 0.1) is 6.92 Å². The number of rotatable bonds is 0. The summed E-state index contributed by atoms with van der Waals surface area (Å²) in [6.45, 7) is 3.72. The number of hydrogen-bond donors (Lipinski definition) is 0. The molecular formula is C7H7I2Zn. The first-order valence-corrected chi connectivity index (χ1v) is 20.9. The van der Waals surface area contributed by atoms with Gasteiger partial charge in [0.1, 0.15) is 0 Å². The third-order valence-electron chi connectivity index (χ3n) is 0.843. The van der Waals surface area contributed by atoms with Crippen molar-refractivity contribution >= 4 is 39.5 Å². The predicted molar refractivity (Wildman–Crippen MR) is 58.9 cm³/mol. The van der Waals surface area contributed by atoms with Crippen LogP contribution in [0.1, 0.15) is 5.56 Å². The normalized spacial score (nSPS) is 7.10. The Morgan fingerprint density at radius 2 is 1.50 bits per heavy atom. The van der Waals surface area contributed by atoms with Crippen LogP contribution in [0.25, 0.3) is 0 Å². The van der Waals surface area contributed by atoms with E-state index >= 15 is 0 Å². The molecule has 10 heavy (non-hydrogen) atoms. The predicted octanol–water partition coefficient (Wildman–Crippen LogP) is 3.64. The summed E-state index contributed by atoms with van der Waals surface area (Å²) in [5, 5.41) is 0. The molecule has 1 radical (unpaired) electrons. The molecule has 0 atom stereocenters. The summed E-state index contributed by atoms with van der Waals surface area (Å²) in [6, 6.07) is 9.87. The summed E-state index contributed by atoms with van der Waals surface area (Å²) in [7, 11) is 0.0650. The molecule has 3 heteroatoms. The van der Waals surface area contributed by atoms with Gasteiger partial charge in [0.15, 0.2) is 0 Å². The van der Waals surface area contributed by atoms with E-state index in [1.54, 1.807) is 0 Å². The van der Waals surface area contributed by atoms with Crippen molar-refractivity contribution in [3.05, 3.63) is 42.8 Å². The van der Waals surface area contributed by atoms with Gasteiger partial charge in [-0.05, 0) is 12.5 Å². The summed E-state index contributed by atoms with van der Waals surface area (Å²) in [6.07, 6.45) is 0. The fraction of sp³-hybridized carbons (Fsp3) is 0. The molecule has 1 aromatic carbocycles. The van der Waals surface area contributed by atoms with Crippen molar-refractivity contribution < 1.29 is 10.1 Å². The molecule has 0 aliphatic rings. The summed E-state index contributed by atoms with van der Waals surface area (Å²) >= 11 is 4.93. The molecule has 0 unspecified atom stereocenters. The third-order valence-corrected chi connectivity index (χ3v) is 0.843. The van der Waals surface area contributed by atoms with Crippen LogP contribution in [0.5, 0.6) is 0 Å². The van der Waals surface area contributed by atoms with Gasteiger partial charge in [-0.2, -0.15) is 0 Å². The fourth-order valence-electron chi connectivity index (χ4n) is 0.478. The molecule has 0 aromatic heterocycles. The van der Waals surface area contributed by atoms with Crippen molar-refractivity contribution in [1.29, 1.82) is 0 Å². The van der Waals surface area contributed by atoms with E-state index in [2.05, 4.69) is 46.4 Å². The quantitative estimate of drug-likeness (QED) is 0.453. The minimum absolute atomic E-state index is 0.0650. The Balaban J connectivity index is 0.000000236. The monoisotopic (exact) mass is 409 g/mol. The van der Waals surface area contributed by atoms with E-state index in [0.717, 1.165) is 5.56 Å².